The Labute approximate surface area is 103 Å². The highest BCUT2D eigenvalue weighted by atomic mass is 16.5. The highest BCUT2D eigenvalue weighted by molar-refractivity contribution is 5.54. The van der Waals surface area contributed by atoms with Crippen LogP contribution in [0.4, 0.5) is 5.69 Å². The molecule has 1 heterocycles. The van der Waals surface area contributed by atoms with Crippen molar-refractivity contribution in [1.82, 2.24) is 0 Å². The van der Waals surface area contributed by atoms with Crippen LogP contribution < -0.4 is 4.90 Å². The summed E-state index contributed by atoms with van der Waals surface area (Å²) >= 11 is 0. The molecule has 17 heavy (non-hydrogen) atoms. The van der Waals surface area contributed by atoms with Crippen LogP contribution in [0.15, 0.2) is 18.2 Å². The lowest BCUT2D eigenvalue weighted by Crippen LogP contribution is -2.32. The smallest absolute Gasteiger partial charge is 0.117 e. The third-order valence-electron chi connectivity index (χ3n) is 3.44. The number of aryl methyl sites for hydroxylation is 1. The molecule has 0 radical (unpaired) electrons. The first kappa shape index (κ1) is 12.2. The molecule has 0 amide bonds. The first-order valence-corrected chi connectivity index (χ1v) is 6.33. The summed E-state index contributed by atoms with van der Waals surface area (Å²) in [6.45, 7) is 3.92. The number of methoxy groups -OCH3 is 1. The molecule has 3 heteroatoms. The zero-order valence-electron chi connectivity index (χ0n) is 10.6. The Morgan fingerprint density at radius 2 is 2.24 bits per heavy atom. The second kappa shape index (κ2) is 5.41. The lowest BCUT2D eigenvalue weighted by Gasteiger charge is -2.26. The summed E-state index contributed by atoms with van der Waals surface area (Å²) < 4.78 is 5.26. The summed E-state index contributed by atoms with van der Waals surface area (Å²) in [5.41, 5.74) is 2.31. The molecule has 0 aliphatic carbocycles. The van der Waals surface area contributed by atoms with E-state index in [4.69, 9.17) is 4.74 Å². The standard InChI is InChI=1S/C14H21NO2/c1-3-11-7-13(9-14(16)8-11)15-6-4-5-12(15)10-17-2/h7-9,12,16H,3-6,10H2,1-2H3. The van der Waals surface area contributed by atoms with Crippen molar-refractivity contribution in [3.05, 3.63) is 23.8 Å². The summed E-state index contributed by atoms with van der Waals surface area (Å²) in [4.78, 5) is 2.35. The van der Waals surface area contributed by atoms with E-state index >= 15 is 0 Å². The van der Waals surface area contributed by atoms with Gasteiger partial charge in [0.05, 0.1) is 12.6 Å². The van der Waals surface area contributed by atoms with Gasteiger partial charge >= 0.3 is 0 Å². The van der Waals surface area contributed by atoms with Crippen LogP contribution in [0.25, 0.3) is 0 Å². The van der Waals surface area contributed by atoms with Gasteiger partial charge in [0.1, 0.15) is 5.75 Å². The molecule has 1 fully saturated rings. The van der Waals surface area contributed by atoms with Crippen molar-refractivity contribution in [3.63, 3.8) is 0 Å². The third kappa shape index (κ3) is 2.72. The van der Waals surface area contributed by atoms with E-state index in [1.54, 1.807) is 7.11 Å². The van der Waals surface area contributed by atoms with E-state index in [0.29, 0.717) is 11.8 Å². The normalized spacial score (nSPS) is 19.9. The van der Waals surface area contributed by atoms with Crippen LogP contribution in [0.3, 0.4) is 0 Å². The average Bonchev–Trinajstić information content (AvgIpc) is 2.77. The quantitative estimate of drug-likeness (QED) is 0.870. The Morgan fingerprint density at radius 3 is 2.94 bits per heavy atom. The van der Waals surface area contributed by atoms with Crippen LogP contribution in [0.1, 0.15) is 25.3 Å². The Bertz CT molecular complexity index is 378. The molecule has 2 rings (SSSR count). The van der Waals surface area contributed by atoms with Crippen LogP contribution in [-0.2, 0) is 11.2 Å². The number of hydrogen-bond donors (Lipinski definition) is 1. The van der Waals surface area contributed by atoms with Crippen molar-refractivity contribution in [1.29, 1.82) is 0 Å². The molecule has 0 aromatic heterocycles. The number of hydrogen-bond acceptors (Lipinski definition) is 3. The molecular weight excluding hydrogens is 214 g/mol. The molecule has 1 atom stereocenters. The van der Waals surface area contributed by atoms with Crippen molar-refractivity contribution in [2.75, 3.05) is 25.2 Å². The van der Waals surface area contributed by atoms with Gasteiger partial charge in [0.25, 0.3) is 0 Å². The first-order valence-electron chi connectivity index (χ1n) is 6.33. The molecular formula is C14H21NO2. The van der Waals surface area contributed by atoms with Crippen LogP contribution in [0.2, 0.25) is 0 Å². The fourth-order valence-corrected chi connectivity index (χ4v) is 2.57. The summed E-state index contributed by atoms with van der Waals surface area (Å²) in [6, 6.07) is 6.32. The number of anilines is 1. The molecule has 0 saturated carbocycles. The maximum Gasteiger partial charge on any atom is 0.117 e. The van der Waals surface area contributed by atoms with Gasteiger partial charge in [0.15, 0.2) is 0 Å². The van der Waals surface area contributed by atoms with E-state index in [-0.39, 0.29) is 0 Å². The Morgan fingerprint density at radius 1 is 1.41 bits per heavy atom. The molecule has 1 aromatic carbocycles. The number of nitrogens with zero attached hydrogens (tertiary/aromatic N) is 1. The summed E-state index contributed by atoms with van der Waals surface area (Å²) in [6.07, 6.45) is 3.32. The van der Waals surface area contributed by atoms with Gasteiger partial charge in [-0.25, -0.2) is 0 Å². The summed E-state index contributed by atoms with van der Waals surface area (Å²) in [5, 5.41) is 9.74. The molecule has 1 aliphatic rings. The minimum absolute atomic E-state index is 0.363. The van der Waals surface area contributed by atoms with Crippen LogP contribution in [0.5, 0.6) is 5.75 Å². The Balaban J connectivity index is 2.23. The Hall–Kier alpha value is -1.22. The predicted molar refractivity (Wildman–Crippen MR) is 69.7 cm³/mol. The highest BCUT2D eigenvalue weighted by Crippen LogP contribution is 2.29. The minimum Gasteiger partial charge on any atom is -0.508 e. The predicted octanol–water partition coefficient (Wildman–Crippen LogP) is 2.57. The molecule has 94 valence electrons. The van der Waals surface area contributed by atoms with E-state index < -0.39 is 0 Å². The average molecular weight is 235 g/mol. The van der Waals surface area contributed by atoms with E-state index in [1.165, 1.54) is 18.4 Å². The van der Waals surface area contributed by atoms with Gasteiger partial charge in [-0.1, -0.05) is 6.92 Å². The number of rotatable bonds is 4. The fourth-order valence-electron chi connectivity index (χ4n) is 2.57. The molecule has 1 saturated heterocycles. The zero-order chi connectivity index (χ0) is 12.3. The molecule has 1 aromatic rings. The van der Waals surface area contributed by atoms with Gasteiger partial charge in [-0.05, 0) is 37.0 Å². The van der Waals surface area contributed by atoms with Gasteiger partial charge in [-0.15, -0.1) is 0 Å². The summed E-state index contributed by atoms with van der Waals surface area (Å²) in [7, 11) is 1.75. The summed E-state index contributed by atoms with van der Waals surface area (Å²) in [5.74, 6) is 0.363. The SMILES string of the molecule is CCc1cc(O)cc(N2CCCC2COC)c1. The molecule has 1 unspecified atom stereocenters. The van der Waals surface area contributed by atoms with Crippen LogP contribution in [-0.4, -0.2) is 31.4 Å². The second-order valence-electron chi connectivity index (χ2n) is 4.66. The molecule has 0 spiro atoms. The molecule has 3 nitrogen and oxygen atoms in total. The lowest BCUT2D eigenvalue weighted by atomic mass is 10.1. The third-order valence-corrected chi connectivity index (χ3v) is 3.44. The number of phenolic OH excluding ortho intramolecular Hbond substituents is 1. The van der Waals surface area contributed by atoms with Crippen LogP contribution in [0, 0.1) is 0 Å². The van der Waals surface area contributed by atoms with E-state index in [9.17, 15) is 5.11 Å². The number of ether oxygens (including phenoxy) is 1. The number of aromatic hydroxyl groups is 1. The van der Waals surface area contributed by atoms with Gasteiger partial charge in [0, 0.05) is 25.4 Å². The first-order chi connectivity index (χ1) is 8.24. The van der Waals surface area contributed by atoms with Gasteiger partial charge < -0.3 is 14.7 Å². The Kier molecular flexibility index (Phi) is 3.89. The molecule has 0 bridgehead atoms. The lowest BCUT2D eigenvalue weighted by molar-refractivity contribution is 0.181. The van der Waals surface area contributed by atoms with E-state index in [1.807, 2.05) is 12.1 Å². The van der Waals surface area contributed by atoms with Crippen molar-refractivity contribution in [2.45, 2.75) is 32.2 Å². The number of phenols is 1. The largest absolute Gasteiger partial charge is 0.508 e. The van der Waals surface area contributed by atoms with Gasteiger partial charge in [-0.3, -0.25) is 0 Å². The van der Waals surface area contributed by atoms with Crippen molar-refractivity contribution in [2.24, 2.45) is 0 Å². The van der Waals surface area contributed by atoms with Crippen molar-refractivity contribution >= 4 is 5.69 Å². The minimum atomic E-state index is 0.363. The van der Waals surface area contributed by atoms with Crippen molar-refractivity contribution < 1.29 is 9.84 Å². The maximum absolute atomic E-state index is 9.74. The molecule has 1 aliphatic heterocycles. The molecule has 1 N–H and O–H groups in total. The van der Waals surface area contributed by atoms with Gasteiger partial charge in [0.2, 0.25) is 0 Å². The second-order valence-corrected chi connectivity index (χ2v) is 4.66. The van der Waals surface area contributed by atoms with Crippen LogP contribution >= 0.6 is 0 Å². The van der Waals surface area contributed by atoms with Crippen molar-refractivity contribution in [3.8, 4) is 5.75 Å². The van der Waals surface area contributed by atoms with E-state index in [0.717, 1.165) is 25.3 Å². The topological polar surface area (TPSA) is 32.7 Å². The maximum atomic E-state index is 9.74. The number of benzene rings is 1. The monoisotopic (exact) mass is 235 g/mol. The fraction of sp³-hybridized carbons (Fsp3) is 0.571. The zero-order valence-corrected chi connectivity index (χ0v) is 10.6. The highest BCUT2D eigenvalue weighted by Gasteiger charge is 2.24. The van der Waals surface area contributed by atoms with Gasteiger partial charge in [-0.2, -0.15) is 0 Å². The van der Waals surface area contributed by atoms with E-state index in [2.05, 4.69) is 17.9 Å².